The molecule has 0 saturated heterocycles. The molecule has 0 aromatic heterocycles. The highest BCUT2D eigenvalue weighted by molar-refractivity contribution is 6.33. The maximum absolute atomic E-state index is 6.41. The molecule has 2 nitrogen and oxygen atoms in total. The van der Waals surface area contributed by atoms with Crippen LogP contribution in [-0.4, -0.2) is 19.6 Å². The number of benzene rings is 1. The SMILES string of the molecule is CCCN(CCC)c1c(Cl)cccc1CNCC. The molecule has 0 fully saturated rings. The van der Waals surface area contributed by atoms with Gasteiger partial charge in [0.1, 0.15) is 0 Å². The maximum atomic E-state index is 6.41. The molecule has 1 aromatic rings. The van der Waals surface area contributed by atoms with E-state index >= 15 is 0 Å². The second kappa shape index (κ2) is 8.39. The minimum atomic E-state index is 0.868. The van der Waals surface area contributed by atoms with E-state index in [2.05, 4.69) is 37.1 Å². The van der Waals surface area contributed by atoms with Gasteiger partial charge in [0.05, 0.1) is 10.7 Å². The van der Waals surface area contributed by atoms with Gasteiger partial charge in [0, 0.05) is 19.6 Å². The number of halogens is 1. The Hall–Kier alpha value is -0.730. The zero-order valence-corrected chi connectivity index (χ0v) is 12.6. The average Bonchev–Trinajstić information content (AvgIpc) is 2.36. The lowest BCUT2D eigenvalue weighted by Crippen LogP contribution is -2.27. The first kappa shape index (κ1) is 15.3. The normalized spacial score (nSPS) is 10.7. The molecule has 0 bridgehead atoms. The van der Waals surface area contributed by atoms with Crippen LogP contribution in [-0.2, 0) is 6.54 Å². The van der Waals surface area contributed by atoms with Gasteiger partial charge in [-0.05, 0) is 31.0 Å². The highest BCUT2D eigenvalue weighted by Gasteiger charge is 2.13. The molecule has 0 heterocycles. The lowest BCUT2D eigenvalue weighted by atomic mass is 10.1. The van der Waals surface area contributed by atoms with Gasteiger partial charge < -0.3 is 10.2 Å². The van der Waals surface area contributed by atoms with E-state index in [0.717, 1.165) is 44.0 Å². The Morgan fingerprint density at radius 3 is 2.33 bits per heavy atom. The summed E-state index contributed by atoms with van der Waals surface area (Å²) < 4.78 is 0. The molecule has 0 atom stereocenters. The highest BCUT2D eigenvalue weighted by Crippen LogP contribution is 2.30. The van der Waals surface area contributed by atoms with Gasteiger partial charge >= 0.3 is 0 Å². The Labute approximate surface area is 116 Å². The Morgan fingerprint density at radius 1 is 1.11 bits per heavy atom. The summed E-state index contributed by atoms with van der Waals surface area (Å²) in [5.41, 5.74) is 2.51. The summed E-state index contributed by atoms with van der Waals surface area (Å²) in [6, 6.07) is 6.20. The fourth-order valence-electron chi connectivity index (χ4n) is 2.19. The molecule has 1 aromatic carbocycles. The zero-order valence-electron chi connectivity index (χ0n) is 11.8. The molecule has 102 valence electrons. The molecule has 0 saturated carbocycles. The summed E-state index contributed by atoms with van der Waals surface area (Å²) >= 11 is 6.41. The van der Waals surface area contributed by atoms with Crippen molar-refractivity contribution < 1.29 is 0 Å². The van der Waals surface area contributed by atoms with Crippen molar-refractivity contribution in [1.82, 2.24) is 5.32 Å². The van der Waals surface area contributed by atoms with Crippen LogP contribution in [0.3, 0.4) is 0 Å². The van der Waals surface area contributed by atoms with Crippen LogP contribution >= 0.6 is 11.6 Å². The molecule has 0 radical (unpaired) electrons. The third-order valence-corrected chi connectivity index (χ3v) is 3.24. The molecule has 0 aliphatic carbocycles. The Kier molecular flexibility index (Phi) is 7.14. The number of para-hydroxylation sites is 1. The molecule has 18 heavy (non-hydrogen) atoms. The summed E-state index contributed by atoms with van der Waals surface area (Å²) in [6.07, 6.45) is 2.29. The Morgan fingerprint density at radius 2 is 1.78 bits per heavy atom. The topological polar surface area (TPSA) is 15.3 Å². The minimum absolute atomic E-state index is 0.868. The molecule has 0 aliphatic rings. The van der Waals surface area contributed by atoms with Crippen molar-refractivity contribution in [2.24, 2.45) is 0 Å². The summed E-state index contributed by atoms with van der Waals surface area (Å²) in [5, 5.41) is 4.25. The van der Waals surface area contributed by atoms with Gasteiger partial charge in [-0.15, -0.1) is 0 Å². The maximum Gasteiger partial charge on any atom is 0.0642 e. The van der Waals surface area contributed by atoms with Crippen LogP contribution in [0.15, 0.2) is 18.2 Å². The van der Waals surface area contributed by atoms with E-state index in [1.807, 2.05) is 12.1 Å². The van der Waals surface area contributed by atoms with Crippen molar-refractivity contribution in [2.45, 2.75) is 40.2 Å². The molecule has 0 unspecified atom stereocenters. The minimum Gasteiger partial charge on any atom is -0.370 e. The molecule has 0 amide bonds. The lowest BCUT2D eigenvalue weighted by Gasteiger charge is -2.27. The van der Waals surface area contributed by atoms with Gasteiger partial charge in [-0.1, -0.05) is 44.5 Å². The molecule has 1 N–H and O–H groups in total. The quantitative estimate of drug-likeness (QED) is 0.764. The summed E-state index contributed by atoms with van der Waals surface area (Å²) in [5.74, 6) is 0. The first-order valence-corrected chi connectivity index (χ1v) is 7.35. The fourth-order valence-corrected chi connectivity index (χ4v) is 2.51. The van der Waals surface area contributed by atoms with E-state index in [0.29, 0.717) is 0 Å². The standard InChI is InChI=1S/C15H25ClN2/c1-4-10-18(11-5-2)15-13(12-17-6-3)8-7-9-14(15)16/h7-9,17H,4-6,10-12H2,1-3H3. The third kappa shape index (κ3) is 4.18. The van der Waals surface area contributed by atoms with Crippen LogP contribution in [0.25, 0.3) is 0 Å². The largest absolute Gasteiger partial charge is 0.370 e. The van der Waals surface area contributed by atoms with Crippen molar-refractivity contribution >= 4 is 17.3 Å². The molecule has 0 aliphatic heterocycles. The smallest absolute Gasteiger partial charge is 0.0642 e. The molecule has 3 heteroatoms. The van der Waals surface area contributed by atoms with E-state index in [1.165, 1.54) is 11.3 Å². The highest BCUT2D eigenvalue weighted by atomic mass is 35.5. The molecular weight excluding hydrogens is 244 g/mol. The van der Waals surface area contributed by atoms with Crippen LogP contribution in [0, 0.1) is 0 Å². The number of hydrogen-bond donors (Lipinski definition) is 1. The third-order valence-electron chi connectivity index (χ3n) is 2.94. The van der Waals surface area contributed by atoms with Crippen molar-refractivity contribution in [3.63, 3.8) is 0 Å². The zero-order chi connectivity index (χ0) is 13.4. The van der Waals surface area contributed by atoms with Crippen LogP contribution in [0.1, 0.15) is 39.2 Å². The number of nitrogens with one attached hydrogen (secondary N) is 1. The van der Waals surface area contributed by atoms with Gasteiger partial charge in [-0.2, -0.15) is 0 Å². The Bertz CT molecular complexity index is 346. The second-order valence-corrected chi connectivity index (χ2v) is 4.92. The summed E-state index contributed by atoms with van der Waals surface area (Å²) in [7, 11) is 0. The molecule has 0 spiro atoms. The van der Waals surface area contributed by atoms with E-state index in [-0.39, 0.29) is 0 Å². The number of nitrogens with zero attached hydrogens (tertiary/aromatic N) is 1. The van der Waals surface area contributed by atoms with E-state index in [4.69, 9.17) is 11.6 Å². The predicted octanol–water partition coefficient (Wildman–Crippen LogP) is 4.08. The fraction of sp³-hybridized carbons (Fsp3) is 0.600. The molecular formula is C15H25ClN2. The van der Waals surface area contributed by atoms with Gasteiger partial charge in [-0.3, -0.25) is 0 Å². The first-order chi connectivity index (χ1) is 8.74. The van der Waals surface area contributed by atoms with Gasteiger partial charge in [0.2, 0.25) is 0 Å². The average molecular weight is 269 g/mol. The van der Waals surface area contributed by atoms with E-state index < -0.39 is 0 Å². The number of anilines is 1. The van der Waals surface area contributed by atoms with Crippen molar-refractivity contribution in [3.05, 3.63) is 28.8 Å². The first-order valence-electron chi connectivity index (χ1n) is 6.97. The van der Waals surface area contributed by atoms with Crippen LogP contribution in [0.2, 0.25) is 5.02 Å². The number of hydrogen-bond acceptors (Lipinski definition) is 2. The predicted molar refractivity (Wildman–Crippen MR) is 81.6 cm³/mol. The number of rotatable bonds is 8. The summed E-state index contributed by atoms with van der Waals surface area (Å²) in [6.45, 7) is 10.5. The van der Waals surface area contributed by atoms with Gasteiger partial charge in [-0.25, -0.2) is 0 Å². The van der Waals surface area contributed by atoms with Crippen LogP contribution in [0.4, 0.5) is 5.69 Å². The monoisotopic (exact) mass is 268 g/mol. The van der Waals surface area contributed by atoms with Crippen molar-refractivity contribution in [3.8, 4) is 0 Å². The van der Waals surface area contributed by atoms with Crippen LogP contribution in [0.5, 0.6) is 0 Å². The summed E-state index contributed by atoms with van der Waals surface area (Å²) in [4.78, 5) is 2.41. The van der Waals surface area contributed by atoms with Gasteiger partial charge in [0.15, 0.2) is 0 Å². The van der Waals surface area contributed by atoms with E-state index in [1.54, 1.807) is 0 Å². The Balaban J connectivity index is 3.00. The second-order valence-electron chi connectivity index (χ2n) is 4.51. The van der Waals surface area contributed by atoms with Crippen molar-refractivity contribution in [1.29, 1.82) is 0 Å². The molecule has 1 rings (SSSR count). The lowest BCUT2D eigenvalue weighted by molar-refractivity contribution is 0.706. The van der Waals surface area contributed by atoms with Crippen molar-refractivity contribution in [2.75, 3.05) is 24.5 Å². The van der Waals surface area contributed by atoms with Crippen LogP contribution < -0.4 is 10.2 Å². The van der Waals surface area contributed by atoms with E-state index in [9.17, 15) is 0 Å². The van der Waals surface area contributed by atoms with Gasteiger partial charge in [0.25, 0.3) is 0 Å².